The molecular formula is C16H17ClN2O. The lowest BCUT2D eigenvalue weighted by Crippen LogP contribution is -1.98. The van der Waals surface area contributed by atoms with Crippen molar-refractivity contribution in [3.63, 3.8) is 0 Å². The molecule has 0 spiro atoms. The third-order valence-corrected chi connectivity index (χ3v) is 3.78. The molecule has 2 aromatic rings. The number of hydrogen-bond donors (Lipinski definition) is 0. The highest BCUT2D eigenvalue weighted by Gasteiger charge is 2.18. The number of benzene rings is 1. The summed E-state index contributed by atoms with van der Waals surface area (Å²) in [6.45, 7) is 2.83. The van der Waals surface area contributed by atoms with E-state index >= 15 is 0 Å². The van der Waals surface area contributed by atoms with E-state index in [1.165, 1.54) is 0 Å². The second-order valence-corrected chi connectivity index (χ2v) is 5.35. The van der Waals surface area contributed by atoms with Crippen LogP contribution in [0.15, 0.2) is 24.3 Å². The van der Waals surface area contributed by atoms with E-state index < -0.39 is 0 Å². The molecule has 1 aromatic carbocycles. The summed E-state index contributed by atoms with van der Waals surface area (Å²) in [5, 5.41) is 0.605. The summed E-state index contributed by atoms with van der Waals surface area (Å²) in [5.41, 5.74) is 3.20. The van der Waals surface area contributed by atoms with Crippen molar-refractivity contribution in [2.75, 3.05) is 6.61 Å². The second kappa shape index (κ2) is 5.80. The lowest BCUT2D eigenvalue weighted by Gasteiger charge is -2.07. The number of halogens is 1. The van der Waals surface area contributed by atoms with Crippen molar-refractivity contribution in [1.82, 2.24) is 9.97 Å². The minimum Gasteiger partial charge on any atom is -0.494 e. The molecule has 3 rings (SSSR count). The van der Waals surface area contributed by atoms with E-state index in [-0.39, 0.29) is 0 Å². The maximum absolute atomic E-state index is 6.25. The van der Waals surface area contributed by atoms with Crippen LogP contribution in [0.5, 0.6) is 5.75 Å². The topological polar surface area (TPSA) is 35.0 Å². The van der Waals surface area contributed by atoms with Gasteiger partial charge in [-0.2, -0.15) is 0 Å². The number of aryl methyl sites for hydroxylation is 1. The Balaban J connectivity index is 1.87. The first-order valence-electron chi connectivity index (χ1n) is 7.06. The second-order valence-electron chi connectivity index (χ2n) is 4.99. The lowest BCUT2D eigenvalue weighted by molar-refractivity contribution is 0.317. The zero-order valence-corrected chi connectivity index (χ0v) is 12.3. The van der Waals surface area contributed by atoms with Gasteiger partial charge in [0.2, 0.25) is 0 Å². The molecule has 1 aromatic heterocycles. The van der Waals surface area contributed by atoms with Crippen molar-refractivity contribution in [3.8, 4) is 17.1 Å². The summed E-state index contributed by atoms with van der Waals surface area (Å²) in [7, 11) is 0. The minimum absolute atomic E-state index is 0.605. The fraction of sp³-hybridized carbons (Fsp3) is 0.375. The molecule has 20 heavy (non-hydrogen) atoms. The zero-order chi connectivity index (χ0) is 13.9. The standard InChI is InChI=1S/C16H17ClN2O/c1-2-10-20-12-8-6-11(7-9-12)16-18-14-5-3-4-13(14)15(17)19-16/h6-9H,2-5,10H2,1H3. The molecule has 1 aliphatic rings. The molecule has 0 N–H and O–H groups in total. The van der Waals surface area contributed by atoms with Gasteiger partial charge in [0.25, 0.3) is 0 Å². The van der Waals surface area contributed by atoms with E-state index in [9.17, 15) is 0 Å². The average molecular weight is 289 g/mol. The maximum atomic E-state index is 6.25. The number of hydrogen-bond acceptors (Lipinski definition) is 3. The average Bonchev–Trinajstić information content (AvgIpc) is 2.94. The van der Waals surface area contributed by atoms with E-state index in [2.05, 4.69) is 16.9 Å². The Kier molecular flexibility index (Phi) is 3.88. The van der Waals surface area contributed by atoms with Crippen molar-refractivity contribution >= 4 is 11.6 Å². The SMILES string of the molecule is CCCOc1ccc(-c2nc(Cl)c3c(n2)CCC3)cc1. The number of aromatic nitrogens is 2. The molecule has 0 amide bonds. The first-order valence-corrected chi connectivity index (χ1v) is 7.44. The van der Waals surface area contributed by atoms with Gasteiger partial charge in [0, 0.05) is 16.8 Å². The number of ether oxygens (including phenoxy) is 1. The van der Waals surface area contributed by atoms with Crippen LogP contribution in [0.3, 0.4) is 0 Å². The normalized spacial score (nSPS) is 13.3. The van der Waals surface area contributed by atoms with Gasteiger partial charge < -0.3 is 4.74 Å². The zero-order valence-electron chi connectivity index (χ0n) is 11.5. The number of fused-ring (bicyclic) bond motifs is 1. The minimum atomic E-state index is 0.605. The molecule has 1 aliphatic carbocycles. The molecule has 0 bridgehead atoms. The first-order chi connectivity index (χ1) is 9.78. The predicted molar refractivity (Wildman–Crippen MR) is 80.3 cm³/mol. The predicted octanol–water partition coefficient (Wildman–Crippen LogP) is 4.07. The highest BCUT2D eigenvalue weighted by Crippen LogP contribution is 2.29. The van der Waals surface area contributed by atoms with Gasteiger partial charge in [0.05, 0.1) is 6.61 Å². The van der Waals surface area contributed by atoms with Crippen LogP contribution in [0.4, 0.5) is 0 Å². The molecular weight excluding hydrogens is 272 g/mol. The Labute approximate surface area is 124 Å². The molecule has 0 saturated heterocycles. The van der Waals surface area contributed by atoms with Gasteiger partial charge in [-0.15, -0.1) is 0 Å². The largest absolute Gasteiger partial charge is 0.494 e. The van der Waals surface area contributed by atoms with Crippen LogP contribution in [0, 0.1) is 0 Å². The van der Waals surface area contributed by atoms with Crippen molar-refractivity contribution in [2.45, 2.75) is 32.6 Å². The van der Waals surface area contributed by atoms with Crippen LogP contribution in [0.1, 0.15) is 31.0 Å². The molecule has 3 nitrogen and oxygen atoms in total. The van der Waals surface area contributed by atoms with Gasteiger partial charge >= 0.3 is 0 Å². The Hall–Kier alpha value is -1.61. The van der Waals surface area contributed by atoms with E-state index in [1.54, 1.807) is 0 Å². The van der Waals surface area contributed by atoms with E-state index in [1.807, 2.05) is 24.3 Å². The van der Waals surface area contributed by atoms with Crippen LogP contribution in [0.2, 0.25) is 5.15 Å². The van der Waals surface area contributed by atoms with Crippen LogP contribution < -0.4 is 4.74 Å². The summed E-state index contributed by atoms with van der Waals surface area (Å²) in [5.74, 6) is 1.58. The van der Waals surface area contributed by atoms with Crippen molar-refractivity contribution < 1.29 is 4.74 Å². The van der Waals surface area contributed by atoms with Crippen molar-refractivity contribution in [3.05, 3.63) is 40.7 Å². The molecule has 0 unspecified atom stereocenters. The maximum Gasteiger partial charge on any atom is 0.161 e. The molecule has 0 saturated carbocycles. The molecule has 104 valence electrons. The summed E-state index contributed by atoms with van der Waals surface area (Å²) in [4.78, 5) is 9.06. The summed E-state index contributed by atoms with van der Waals surface area (Å²) in [6.07, 6.45) is 4.13. The number of nitrogens with zero attached hydrogens (tertiary/aromatic N) is 2. The van der Waals surface area contributed by atoms with Crippen LogP contribution in [0.25, 0.3) is 11.4 Å². The summed E-state index contributed by atoms with van der Waals surface area (Å²) in [6, 6.07) is 7.88. The Bertz CT molecular complexity index is 611. The third kappa shape index (κ3) is 2.63. The molecule has 0 radical (unpaired) electrons. The van der Waals surface area contributed by atoms with Crippen LogP contribution >= 0.6 is 11.6 Å². The van der Waals surface area contributed by atoms with Gasteiger partial charge in [-0.1, -0.05) is 18.5 Å². The highest BCUT2D eigenvalue weighted by molar-refractivity contribution is 6.30. The van der Waals surface area contributed by atoms with Gasteiger partial charge in [0.1, 0.15) is 10.9 Å². The van der Waals surface area contributed by atoms with E-state index in [4.69, 9.17) is 16.3 Å². The smallest absolute Gasteiger partial charge is 0.161 e. The van der Waals surface area contributed by atoms with Crippen molar-refractivity contribution in [2.24, 2.45) is 0 Å². The molecule has 4 heteroatoms. The Morgan fingerprint density at radius 3 is 2.70 bits per heavy atom. The molecule has 0 atom stereocenters. The van der Waals surface area contributed by atoms with Crippen LogP contribution in [-0.4, -0.2) is 16.6 Å². The van der Waals surface area contributed by atoms with E-state index in [0.717, 1.165) is 54.9 Å². The van der Waals surface area contributed by atoms with E-state index in [0.29, 0.717) is 11.0 Å². The molecule has 0 aliphatic heterocycles. The molecule has 1 heterocycles. The third-order valence-electron chi connectivity index (χ3n) is 3.47. The fourth-order valence-corrected chi connectivity index (χ4v) is 2.72. The quantitative estimate of drug-likeness (QED) is 0.795. The Morgan fingerprint density at radius 2 is 1.95 bits per heavy atom. The first kappa shape index (κ1) is 13.4. The van der Waals surface area contributed by atoms with Crippen molar-refractivity contribution in [1.29, 1.82) is 0 Å². The summed E-state index contributed by atoms with van der Waals surface area (Å²) >= 11 is 6.25. The van der Waals surface area contributed by atoms with Crippen LogP contribution in [-0.2, 0) is 12.8 Å². The lowest BCUT2D eigenvalue weighted by atomic mass is 10.2. The fourth-order valence-electron chi connectivity index (χ4n) is 2.44. The van der Waals surface area contributed by atoms with Gasteiger partial charge in [-0.3, -0.25) is 0 Å². The summed E-state index contributed by atoms with van der Waals surface area (Å²) < 4.78 is 5.58. The highest BCUT2D eigenvalue weighted by atomic mass is 35.5. The van der Waals surface area contributed by atoms with Gasteiger partial charge in [-0.05, 0) is 49.9 Å². The van der Waals surface area contributed by atoms with Gasteiger partial charge in [-0.25, -0.2) is 9.97 Å². The molecule has 0 fully saturated rings. The Morgan fingerprint density at radius 1 is 1.15 bits per heavy atom. The van der Waals surface area contributed by atoms with Gasteiger partial charge in [0.15, 0.2) is 5.82 Å². The number of rotatable bonds is 4. The monoisotopic (exact) mass is 288 g/mol.